The fourth-order valence-corrected chi connectivity index (χ4v) is 3.02. The lowest BCUT2D eigenvalue weighted by Gasteiger charge is -2.22. The van der Waals surface area contributed by atoms with Crippen molar-refractivity contribution in [1.29, 1.82) is 0 Å². The molecule has 0 amide bonds. The maximum Gasteiger partial charge on any atom is 0.263 e. The largest absolute Gasteiger partial charge is 0.324 e. The Morgan fingerprint density at radius 1 is 1.62 bits per heavy atom. The first kappa shape index (κ1) is 13.5. The Balaban J connectivity index is 3.17. The van der Waals surface area contributed by atoms with Crippen LogP contribution in [-0.4, -0.2) is 35.4 Å². The summed E-state index contributed by atoms with van der Waals surface area (Å²) in [7, 11) is -0.404. The quantitative estimate of drug-likeness (QED) is 0.829. The SMILES string of the molecule is CCC(C)N(C)S(=O)(=O)c1ncn(C)c1Cl. The summed E-state index contributed by atoms with van der Waals surface area (Å²) >= 11 is 5.88. The molecule has 1 atom stereocenters. The molecule has 1 heterocycles. The molecule has 16 heavy (non-hydrogen) atoms. The Kier molecular flexibility index (Phi) is 3.98. The van der Waals surface area contributed by atoms with Crippen LogP contribution in [0.1, 0.15) is 20.3 Å². The van der Waals surface area contributed by atoms with Crippen LogP contribution >= 0.6 is 11.6 Å². The maximum atomic E-state index is 12.1. The molecule has 1 rings (SSSR count). The Morgan fingerprint density at radius 2 is 2.19 bits per heavy atom. The minimum Gasteiger partial charge on any atom is -0.324 e. The van der Waals surface area contributed by atoms with Gasteiger partial charge in [0.25, 0.3) is 10.0 Å². The van der Waals surface area contributed by atoms with Gasteiger partial charge in [0.1, 0.15) is 5.15 Å². The molecule has 0 radical (unpaired) electrons. The van der Waals surface area contributed by atoms with Crippen LogP contribution in [0.4, 0.5) is 0 Å². The van der Waals surface area contributed by atoms with Crippen molar-refractivity contribution in [3.63, 3.8) is 0 Å². The third-order valence-corrected chi connectivity index (χ3v) is 5.13. The zero-order valence-corrected chi connectivity index (χ0v) is 11.4. The van der Waals surface area contributed by atoms with E-state index < -0.39 is 10.0 Å². The summed E-state index contributed by atoms with van der Waals surface area (Å²) < 4.78 is 27.0. The number of aromatic nitrogens is 2. The number of hydrogen-bond donors (Lipinski definition) is 0. The van der Waals surface area contributed by atoms with Gasteiger partial charge in [0, 0.05) is 20.1 Å². The number of aryl methyl sites for hydroxylation is 1. The zero-order chi connectivity index (χ0) is 12.5. The molecule has 0 spiro atoms. The van der Waals surface area contributed by atoms with Crippen LogP contribution in [0.5, 0.6) is 0 Å². The van der Waals surface area contributed by atoms with Gasteiger partial charge in [-0.15, -0.1) is 0 Å². The van der Waals surface area contributed by atoms with Crippen molar-refractivity contribution in [3.8, 4) is 0 Å². The van der Waals surface area contributed by atoms with Gasteiger partial charge in [-0.3, -0.25) is 0 Å². The van der Waals surface area contributed by atoms with Gasteiger partial charge in [-0.2, -0.15) is 4.31 Å². The minimum absolute atomic E-state index is 0.0805. The summed E-state index contributed by atoms with van der Waals surface area (Å²) in [6, 6.07) is -0.0805. The Bertz CT molecular complexity index is 469. The highest BCUT2D eigenvalue weighted by atomic mass is 35.5. The fraction of sp³-hybridized carbons (Fsp3) is 0.667. The Hall–Kier alpha value is -0.590. The highest BCUT2D eigenvalue weighted by Gasteiger charge is 2.29. The van der Waals surface area contributed by atoms with Crippen LogP contribution in [0.15, 0.2) is 11.4 Å². The standard InChI is InChI=1S/C9H16ClN3O2S/c1-5-7(2)13(4)16(14,15)9-8(10)12(3)6-11-9/h6-7H,5H2,1-4H3. The van der Waals surface area contributed by atoms with Gasteiger partial charge in [-0.25, -0.2) is 13.4 Å². The molecular formula is C9H16ClN3O2S. The van der Waals surface area contributed by atoms with Crippen molar-refractivity contribution in [2.45, 2.75) is 31.3 Å². The summed E-state index contributed by atoms with van der Waals surface area (Å²) in [6.07, 6.45) is 2.12. The number of nitrogens with zero attached hydrogens (tertiary/aromatic N) is 3. The van der Waals surface area contributed by atoms with E-state index in [4.69, 9.17) is 11.6 Å². The first-order chi connectivity index (χ1) is 7.32. The summed E-state index contributed by atoms with van der Waals surface area (Å²) in [5.74, 6) is 0. The predicted octanol–water partition coefficient (Wildman–Crippen LogP) is 1.49. The first-order valence-electron chi connectivity index (χ1n) is 4.97. The first-order valence-corrected chi connectivity index (χ1v) is 6.79. The molecule has 0 saturated carbocycles. The van der Waals surface area contributed by atoms with E-state index in [0.717, 1.165) is 6.42 Å². The van der Waals surface area contributed by atoms with E-state index in [-0.39, 0.29) is 16.2 Å². The van der Waals surface area contributed by atoms with Gasteiger partial charge in [0.05, 0.1) is 6.33 Å². The molecule has 0 aliphatic rings. The van der Waals surface area contributed by atoms with Gasteiger partial charge in [-0.05, 0) is 13.3 Å². The van der Waals surface area contributed by atoms with Crippen LogP contribution in [0, 0.1) is 0 Å². The summed E-state index contributed by atoms with van der Waals surface area (Å²) in [5, 5.41) is 0.0506. The van der Waals surface area contributed by atoms with Crippen LogP contribution in [0.2, 0.25) is 5.15 Å². The van der Waals surface area contributed by atoms with Crippen molar-refractivity contribution < 1.29 is 8.42 Å². The van der Waals surface area contributed by atoms with Gasteiger partial charge >= 0.3 is 0 Å². The van der Waals surface area contributed by atoms with Crippen LogP contribution in [0.25, 0.3) is 0 Å². The highest BCUT2D eigenvalue weighted by molar-refractivity contribution is 7.89. The second kappa shape index (κ2) is 4.73. The van der Waals surface area contributed by atoms with Crippen LogP contribution in [0.3, 0.4) is 0 Å². The summed E-state index contributed by atoms with van der Waals surface area (Å²) in [5.41, 5.74) is 0. The van der Waals surface area contributed by atoms with E-state index in [2.05, 4.69) is 4.98 Å². The van der Waals surface area contributed by atoms with Crippen LogP contribution < -0.4 is 0 Å². The fourth-order valence-electron chi connectivity index (χ4n) is 1.20. The second-order valence-electron chi connectivity index (χ2n) is 3.73. The number of halogens is 1. The number of imidazole rings is 1. The summed E-state index contributed by atoms with van der Waals surface area (Å²) in [6.45, 7) is 3.77. The molecule has 92 valence electrons. The topological polar surface area (TPSA) is 55.2 Å². The third kappa shape index (κ3) is 2.23. The normalized spacial score (nSPS) is 14.4. The van der Waals surface area contributed by atoms with Gasteiger partial charge < -0.3 is 4.57 Å². The Morgan fingerprint density at radius 3 is 2.56 bits per heavy atom. The number of sulfonamides is 1. The molecular weight excluding hydrogens is 250 g/mol. The van der Waals surface area contributed by atoms with Gasteiger partial charge in [-0.1, -0.05) is 18.5 Å². The molecule has 0 saturated heterocycles. The third-order valence-electron chi connectivity index (χ3n) is 2.67. The molecule has 0 N–H and O–H groups in total. The predicted molar refractivity (Wildman–Crippen MR) is 62.9 cm³/mol. The lowest BCUT2D eigenvalue weighted by Crippen LogP contribution is -2.35. The monoisotopic (exact) mass is 265 g/mol. The average Bonchev–Trinajstić information content (AvgIpc) is 2.58. The van der Waals surface area contributed by atoms with Crippen molar-refractivity contribution in [2.24, 2.45) is 7.05 Å². The molecule has 0 aliphatic heterocycles. The maximum absolute atomic E-state index is 12.1. The van der Waals surface area contributed by atoms with Gasteiger partial charge in [0.15, 0.2) is 0 Å². The van der Waals surface area contributed by atoms with Crippen LogP contribution in [-0.2, 0) is 17.1 Å². The lowest BCUT2D eigenvalue weighted by atomic mass is 10.3. The van der Waals surface area contributed by atoms with E-state index in [9.17, 15) is 8.42 Å². The molecule has 0 bridgehead atoms. The molecule has 5 nitrogen and oxygen atoms in total. The molecule has 7 heteroatoms. The number of hydrogen-bond acceptors (Lipinski definition) is 3. The molecule has 0 fully saturated rings. The molecule has 0 aliphatic carbocycles. The molecule has 1 aromatic rings. The highest BCUT2D eigenvalue weighted by Crippen LogP contribution is 2.23. The zero-order valence-electron chi connectivity index (χ0n) is 9.81. The van der Waals surface area contributed by atoms with E-state index in [1.165, 1.54) is 22.2 Å². The van der Waals surface area contributed by atoms with Gasteiger partial charge in [0.2, 0.25) is 5.03 Å². The van der Waals surface area contributed by atoms with E-state index in [1.54, 1.807) is 7.05 Å². The minimum atomic E-state index is -3.59. The lowest BCUT2D eigenvalue weighted by molar-refractivity contribution is 0.379. The number of rotatable bonds is 4. The van der Waals surface area contributed by atoms with E-state index >= 15 is 0 Å². The smallest absolute Gasteiger partial charge is 0.263 e. The second-order valence-corrected chi connectivity index (χ2v) is 6.00. The average molecular weight is 266 g/mol. The van der Waals surface area contributed by atoms with Crippen molar-refractivity contribution in [2.75, 3.05) is 7.05 Å². The molecule has 1 aromatic heterocycles. The van der Waals surface area contributed by atoms with Crippen molar-refractivity contribution >= 4 is 21.6 Å². The summed E-state index contributed by atoms with van der Waals surface area (Å²) in [4.78, 5) is 3.83. The molecule has 1 unspecified atom stereocenters. The Labute approximate surface area is 101 Å². The van der Waals surface area contributed by atoms with Crippen molar-refractivity contribution in [1.82, 2.24) is 13.9 Å². The molecule has 0 aromatic carbocycles. The van der Waals surface area contributed by atoms with E-state index in [0.29, 0.717) is 0 Å². The van der Waals surface area contributed by atoms with E-state index in [1.807, 2.05) is 13.8 Å². The van der Waals surface area contributed by atoms with Crippen molar-refractivity contribution in [3.05, 3.63) is 11.5 Å².